The zero-order chi connectivity index (χ0) is 19.4. The quantitative estimate of drug-likeness (QED) is 0.814. The Morgan fingerprint density at radius 1 is 1.11 bits per heavy atom. The lowest BCUT2D eigenvalue weighted by atomic mass is 10.1. The van der Waals surface area contributed by atoms with Crippen LogP contribution in [0, 0.1) is 6.92 Å². The van der Waals surface area contributed by atoms with Crippen molar-refractivity contribution in [2.75, 3.05) is 25.6 Å². The standard InChI is InChI=1S/C20H21NO6/c1-12-4-6-15(7-5-12)21-19(22)13(2)27-20(23)14-10-16(24-3)18-17(11-14)25-8-9-26-18/h4-7,10-11,13H,8-9H2,1-3H3,(H,21,22)/t13-/m1/s1. The SMILES string of the molecule is COc1cc(C(=O)O[C@H](C)C(=O)Nc2ccc(C)cc2)cc2c1OCCO2. The van der Waals surface area contributed by atoms with E-state index in [1.54, 1.807) is 12.1 Å². The summed E-state index contributed by atoms with van der Waals surface area (Å²) in [6.45, 7) is 4.25. The Balaban J connectivity index is 1.69. The zero-order valence-electron chi connectivity index (χ0n) is 15.4. The molecule has 0 aliphatic carbocycles. The van der Waals surface area contributed by atoms with E-state index in [1.165, 1.54) is 26.2 Å². The average Bonchev–Trinajstić information content (AvgIpc) is 2.68. The van der Waals surface area contributed by atoms with Crippen LogP contribution in [0.1, 0.15) is 22.8 Å². The van der Waals surface area contributed by atoms with E-state index in [-0.39, 0.29) is 5.56 Å². The van der Waals surface area contributed by atoms with Crippen molar-refractivity contribution < 1.29 is 28.5 Å². The summed E-state index contributed by atoms with van der Waals surface area (Å²) in [6, 6.07) is 10.4. The average molecular weight is 371 g/mol. The van der Waals surface area contributed by atoms with E-state index in [2.05, 4.69) is 5.32 Å². The molecule has 1 atom stereocenters. The summed E-state index contributed by atoms with van der Waals surface area (Å²) in [7, 11) is 1.47. The number of fused-ring (bicyclic) bond motifs is 1. The third kappa shape index (κ3) is 4.31. The summed E-state index contributed by atoms with van der Waals surface area (Å²) in [6.07, 6.45) is -0.974. The number of esters is 1. The normalized spacial score (nSPS) is 13.4. The number of carbonyl (C=O) groups excluding carboxylic acids is 2. The minimum absolute atomic E-state index is 0.214. The molecule has 27 heavy (non-hydrogen) atoms. The van der Waals surface area contributed by atoms with Crippen LogP contribution in [0.5, 0.6) is 17.2 Å². The number of hydrogen-bond acceptors (Lipinski definition) is 6. The Kier molecular flexibility index (Phi) is 5.49. The van der Waals surface area contributed by atoms with Gasteiger partial charge in [-0.05, 0) is 38.1 Å². The second kappa shape index (κ2) is 7.99. The highest BCUT2D eigenvalue weighted by Gasteiger charge is 2.24. The molecule has 1 aliphatic heterocycles. The highest BCUT2D eigenvalue weighted by Crippen LogP contribution is 2.40. The number of nitrogens with one attached hydrogen (secondary N) is 1. The molecule has 1 amide bonds. The summed E-state index contributed by atoms with van der Waals surface area (Å²) in [5.41, 5.74) is 1.93. The van der Waals surface area contributed by atoms with Crippen molar-refractivity contribution in [2.45, 2.75) is 20.0 Å². The van der Waals surface area contributed by atoms with Crippen LogP contribution in [0.15, 0.2) is 36.4 Å². The maximum Gasteiger partial charge on any atom is 0.339 e. The van der Waals surface area contributed by atoms with Crippen molar-refractivity contribution in [3.05, 3.63) is 47.5 Å². The molecule has 0 unspecified atom stereocenters. The Labute approximate surface area is 157 Å². The molecule has 3 rings (SSSR count). The number of methoxy groups -OCH3 is 1. The van der Waals surface area contributed by atoms with Crippen molar-refractivity contribution in [1.82, 2.24) is 0 Å². The molecule has 1 aliphatic rings. The monoisotopic (exact) mass is 371 g/mol. The number of amides is 1. The van der Waals surface area contributed by atoms with Crippen LogP contribution >= 0.6 is 0 Å². The molecule has 1 N–H and O–H groups in total. The third-order valence-electron chi connectivity index (χ3n) is 4.04. The number of carbonyl (C=O) groups is 2. The summed E-state index contributed by atoms with van der Waals surface area (Å²) in [5.74, 6) is 0.152. The van der Waals surface area contributed by atoms with Crippen LogP contribution in [0.4, 0.5) is 5.69 Å². The van der Waals surface area contributed by atoms with E-state index in [0.29, 0.717) is 36.1 Å². The molecule has 2 aromatic carbocycles. The van der Waals surface area contributed by atoms with Gasteiger partial charge >= 0.3 is 5.97 Å². The van der Waals surface area contributed by atoms with Crippen LogP contribution in [0.3, 0.4) is 0 Å². The Morgan fingerprint density at radius 2 is 1.81 bits per heavy atom. The van der Waals surface area contributed by atoms with Gasteiger partial charge < -0.3 is 24.3 Å². The lowest BCUT2D eigenvalue weighted by Gasteiger charge is -2.21. The smallest absolute Gasteiger partial charge is 0.339 e. The number of ether oxygens (including phenoxy) is 4. The van der Waals surface area contributed by atoms with Gasteiger partial charge in [-0.3, -0.25) is 4.79 Å². The molecule has 1 heterocycles. The molecule has 7 heteroatoms. The second-order valence-corrected chi connectivity index (χ2v) is 6.11. The third-order valence-corrected chi connectivity index (χ3v) is 4.04. The Bertz CT molecular complexity index is 829. The van der Waals surface area contributed by atoms with Gasteiger partial charge in [0, 0.05) is 5.69 Å². The zero-order valence-corrected chi connectivity index (χ0v) is 15.4. The maximum atomic E-state index is 12.5. The molecule has 0 radical (unpaired) electrons. The largest absolute Gasteiger partial charge is 0.493 e. The van der Waals surface area contributed by atoms with E-state index in [9.17, 15) is 9.59 Å². The molecule has 0 aromatic heterocycles. The highest BCUT2D eigenvalue weighted by atomic mass is 16.6. The first-order chi connectivity index (χ1) is 13.0. The van der Waals surface area contributed by atoms with Crippen LogP contribution in [0.25, 0.3) is 0 Å². The summed E-state index contributed by atoms with van der Waals surface area (Å²) in [5, 5.41) is 2.71. The molecule has 0 saturated heterocycles. The first kappa shape index (κ1) is 18.6. The molecule has 0 saturated carbocycles. The van der Waals surface area contributed by atoms with Crippen molar-refractivity contribution >= 4 is 17.6 Å². The lowest BCUT2D eigenvalue weighted by molar-refractivity contribution is -0.123. The fourth-order valence-electron chi connectivity index (χ4n) is 2.55. The van der Waals surface area contributed by atoms with Gasteiger partial charge in [-0.2, -0.15) is 0 Å². The molecule has 2 aromatic rings. The number of hydrogen-bond donors (Lipinski definition) is 1. The predicted molar refractivity (Wildman–Crippen MR) is 98.7 cm³/mol. The van der Waals surface area contributed by atoms with Gasteiger partial charge in [0.15, 0.2) is 17.6 Å². The minimum Gasteiger partial charge on any atom is -0.493 e. The van der Waals surface area contributed by atoms with Crippen LogP contribution in [-0.2, 0) is 9.53 Å². The first-order valence-corrected chi connectivity index (χ1v) is 8.54. The van der Waals surface area contributed by atoms with E-state index in [1.807, 2.05) is 19.1 Å². The summed E-state index contributed by atoms with van der Waals surface area (Å²) in [4.78, 5) is 24.7. The Hall–Kier alpha value is -3.22. The topological polar surface area (TPSA) is 83.1 Å². The molecular formula is C20H21NO6. The van der Waals surface area contributed by atoms with Crippen molar-refractivity contribution in [3.63, 3.8) is 0 Å². The van der Waals surface area contributed by atoms with Crippen molar-refractivity contribution in [3.8, 4) is 17.2 Å². The molecule has 0 spiro atoms. The van der Waals surface area contributed by atoms with Crippen LogP contribution < -0.4 is 19.5 Å². The van der Waals surface area contributed by atoms with Gasteiger partial charge in [-0.15, -0.1) is 0 Å². The van der Waals surface area contributed by atoms with Gasteiger partial charge in [0.05, 0.1) is 12.7 Å². The number of aryl methyl sites for hydroxylation is 1. The van der Waals surface area contributed by atoms with Gasteiger partial charge in [-0.25, -0.2) is 4.79 Å². The predicted octanol–water partition coefficient (Wildman–Crippen LogP) is 2.96. The second-order valence-electron chi connectivity index (χ2n) is 6.11. The summed E-state index contributed by atoms with van der Waals surface area (Å²) < 4.78 is 21.5. The summed E-state index contributed by atoms with van der Waals surface area (Å²) >= 11 is 0. The van der Waals surface area contributed by atoms with Crippen LogP contribution in [-0.4, -0.2) is 38.3 Å². The molecular weight excluding hydrogens is 350 g/mol. The van der Waals surface area contributed by atoms with Gasteiger partial charge in [0.1, 0.15) is 13.2 Å². The maximum absolute atomic E-state index is 12.5. The molecule has 7 nitrogen and oxygen atoms in total. The van der Waals surface area contributed by atoms with Crippen molar-refractivity contribution in [2.24, 2.45) is 0 Å². The molecule has 0 bridgehead atoms. The Morgan fingerprint density at radius 3 is 2.52 bits per heavy atom. The molecule has 142 valence electrons. The van der Waals surface area contributed by atoms with E-state index in [4.69, 9.17) is 18.9 Å². The van der Waals surface area contributed by atoms with Crippen molar-refractivity contribution in [1.29, 1.82) is 0 Å². The van der Waals surface area contributed by atoms with Gasteiger partial charge in [0.2, 0.25) is 5.75 Å². The van der Waals surface area contributed by atoms with Gasteiger partial charge in [0.25, 0.3) is 5.91 Å². The fourth-order valence-corrected chi connectivity index (χ4v) is 2.55. The van der Waals surface area contributed by atoms with E-state index >= 15 is 0 Å². The van der Waals surface area contributed by atoms with Gasteiger partial charge in [-0.1, -0.05) is 17.7 Å². The lowest BCUT2D eigenvalue weighted by Crippen LogP contribution is -2.30. The first-order valence-electron chi connectivity index (χ1n) is 8.54. The van der Waals surface area contributed by atoms with Crippen LogP contribution in [0.2, 0.25) is 0 Å². The fraction of sp³-hybridized carbons (Fsp3) is 0.300. The highest BCUT2D eigenvalue weighted by molar-refractivity contribution is 5.97. The number of anilines is 1. The van der Waals surface area contributed by atoms with E-state index in [0.717, 1.165) is 5.56 Å². The molecule has 0 fully saturated rings. The van der Waals surface area contributed by atoms with E-state index < -0.39 is 18.0 Å². The minimum atomic E-state index is -0.974. The number of benzene rings is 2. The number of rotatable bonds is 5.